The van der Waals surface area contributed by atoms with Gasteiger partial charge in [0, 0.05) is 13.2 Å². The van der Waals surface area contributed by atoms with Crippen molar-refractivity contribution < 1.29 is 23.1 Å². The van der Waals surface area contributed by atoms with E-state index in [1.54, 1.807) is 0 Å². The lowest BCUT2D eigenvalue weighted by molar-refractivity contribution is -0.137. The second kappa shape index (κ2) is 6.29. The van der Waals surface area contributed by atoms with E-state index in [2.05, 4.69) is 15.1 Å². The Kier molecular flexibility index (Phi) is 5.01. The highest BCUT2D eigenvalue weighted by Gasteiger charge is 2.17. The van der Waals surface area contributed by atoms with E-state index in [0.717, 1.165) is 6.20 Å². The summed E-state index contributed by atoms with van der Waals surface area (Å²) in [5.74, 6) is -1.47. The van der Waals surface area contributed by atoms with Gasteiger partial charge in [-0.3, -0.25) is 14.3 Å². The number of aryl methyl sites for hydroxylation is 1. The molecule has 1 rings (SSSR count). The van der Waals surface area contributed by atoms with E-state index in [-0.39, 0.29) is 24.4 Å². The molecule has 0 aliphatic rings. The normalized spacial score (nSPS) is 11.2. The molecule has 0 aromatic carbocycles. The topological polar surface area (TPSA) is 130 Å². The number of hydrogen-bond acceptors (Lipinski definition) is 5. The van der Waals surface area contributed by atoms with E-state index >= 15 is 0 Å². The molecule has 0 fully saturated rings. The summed E-state index contributed by atoms with van der Waals surface area (Å²) in [7, 11) is -2.44. The molecule has 1 amide bonds. The van der Waals surface area contributed by atoms with Crippen molar-refractivity contribution in [1.82, 2.24) is 19.8 Å². The highest BCUT2D eigenvalue weighted by molar-refractivity contribution is 7.89. The number of nitrogens with one attached hydrogen (secondary N) is 2. The van der Waals surface area contributed by atoms with Crippen molar-refractivity contribution in [3.63, 3.8) is 0 Å². The maximum absolute atomic E-state index is 11.7. The summed E-state index contributed by atoms with van der Waals surface area (Å²) in [4.78, 5) is 21.2. The van der Waals surface area contributed by atoms with Gasteiger partial charge in [0.1, 0.15) is 4.90 Å². The molecule has 1 aromatic rings. The molecule has 1 heterocycles. The molecule has 0 aliphatic carbocycles. The Balaban J connectivity index is 2.68. The Morgan fingerprint density at radius 1 is 1.47 bits per heavy atom. The third kappa shape index (κ3) is 4.67. The number of carbonyl (C=O) groups excluding carboxylic acids is 1. The molecule has 0 spiro atoms. The largest absolute Gasteiger partial charge is 0.481 e. The van der Waals surface area contributed by atoms with E-state index < -0.39 is 21.9 Å². The van der Waals surface area contributed by atoms with Crippen LogP contribution in [0, 0.1) is 0 Å². The van der Waals surface area contributed by atoms with Gasteiger partial charge in [-0.15, -0.1) is 0 Å². The molecule has 0 saturated heterocycles. The molecule has 9 nitrogen and oxygen atoms in total. The molecule has 0 aliphatic heterocycles. The van der Waals surface area contributed by atoms with E-state index in [4.69, 9.17) is 5.11 Å². The third-order valence-electron chi connectivity index (χ3n) is 2.18. The molecular formula is C9H14N4O5S. The van der Waals surface area contributed by atoms with Gasteiger partial charge in [-0.2, -0.15) is 5.10 Å². The number of carboxylic acid groups (broad SMARTS) is 1. The highest BCUT2D eigenvalue weighted by atomic mass is 32.2. The number of rotatable bonds is 7. The molecule has 10 heteroatoms. The molecule has 0 unspecified atom stereocenters. The lowest BCUT2D eigenvalue weighted by Crippen LogP contribution is -2.35. The van der Waals surface area contributed by atoms with Crippen molar-refractivity contribution in [1.29, 1.82) is 0 Å². The van der Waals surface area contributed by atoms with Crippen LogP contribution >= 0.6 is 0 Å². The van der Waals surface area contributed by atoms with Crippen LogP contribution < -0.4 is 10.0 Å². The van der Waals surface area contributed by atoms with Crippen molar-refractivity contribution in [2.75, 3.05) is 13.6 Å². The first-order valence-electron chi connectivity index (χ1n) is 5.29. The lowest BCUT2D eigenvalue weighted by atomic mass is 10.4. The van der Waals surface area contributed by atoms with Crippen LogP contribution in [0.1, 0.15) is 6.42 Å². The van der Waals surface area contributed by atoms with Gasteiger partial charge in [-0.05, 0) is 0 Å². The molecule has 0 saturated carbocycles. The Bertz CT molecular complexity index is 565. The zero-order chi connectivity index (χ0) is 14.5. The van der Waals surface area contributed by atoms with E-state index in [1.165, 1.54) is 17.9 Å². The second-order valence-electron chi connectivity index (χ2n) is 3.58. The standard InChI is InChI=1S/C9H14N4O5S/c1-10-8(14)5-12-19(17,18)7-4-11-13(6-7)3-2-9(15)16/h4,6,12H,2-3,5H2,1H3,(H,10,14)(H,15,16). The summed E-state index contributed by atoms with van der Waals surface area (Å²) in [6.07, 6.45) is 2.13. The zero-order valence-electron chi connectivity index (χ0n) is 10.2. The fourth-order valence-corrected chi connectivity index (χ4v) is 2.08. The van der Waals surface area contributed by atoms with Crippen LogP contribution in [-0.2, 0) is 26.2 Å². The van der Waals surface area contributed by atoms with Gasteiger partial charge in [-0.25, -0.2) is 13.1 Å². The second-order valence-corrected chi connectivity index (χ2v) is 5.35. The summed E-state index contributed by atoms with van der Waals surface area (Å²) in [5.41, 5.74) is 0. The van der Waals surface area contributed by atoms with Crippen LogP contribution in [0.15, 0.2) is 17.3 Å². The van der Waals surface area contributed by atoms with Gasteiger partial charge < -0.3 is 10.4 Å². The van der Waals surface area contributed by atoms with Gasteiger partial charge in [0.2, 0.25) is 15.9 Å². The van der Waals surface area contributed by atoms with Gasteiger partial charge in [0.15, 0.2) is 0 Å². The molecule has 19 heavy (non-hydrogen) atoms. The number of likely N-dealkylation sites (N-methyl/N-ethyl adjacent to an activating group) is 1. The predicted molar refractivity (Wildman–Crippen MR) is 63.7 cm³/mol. The van der Waals surface area contributed by atoms with Gasteiger partial charge >= 0.3 is 5.97 Å². The van der Waals surface area contributed by atoms with Crippen molar-refractivity contribution in [3.05, 3.63) is 12.4 Å². The number of amides is 1. The predicted octanol–water partition coefficient (Wildman–Crippen LogP) is -1.62. The summed E-state index contributed by atoms with van der Waals surface area (Å²) in [5, 5.41) is 14.5. The van der Waals surface area contributed by atoms with Crippen molar-refractivity contribution in [3.8, 4) is 0 Å². The average Bonchev–Trinajstić information content (AvgIpc) is 2.83. The van der Waals surface area contributed by atoms with E-state index in [1.807, 2.05) is 0 Å². The van der Waals surface area contributed by atoms with Crippen LogP contribution in [0.4, 0.5) is 0 Å². The Morgan fingerprint density at radius 3 is 2.74 bits per heavy atom. The Labute approximate surface area is 109 Å². The van der Waals surface area contributed by atoms with Gasteiger partial charge in [0.05, 0.1) is 25.7 Å². The van der Waals surface area contributed by atoms with E-state index in [9.17, 15) is 18.0 Å². The van der Waals surface area contributed by atoms with Crippen molar-refractivity contribution in [2.24, 2.45) is 0 Å². The Morgan fingerprint density at radius 2 is 2.16 bits per heavy atom. The fraction of sp³-hybridized carbons (Fsp3) is 0.444. The minimum Gasteiger partial charge on any atom is -0.481 e. The Hall–Kier alpha value is -1.94. The van der Waals surface area contributed by atoms with Crippen LogP contribution in [0.5, 0.6) is 0 Å². The summed E-state index contributed by atoms with van der Waals surface area (Å²) < 4.78 is 26.8. The van der Waals surface area contributed by atoms with Gasteiger partial charge in [0.25, 0.3) is 0 Å². The quantitative estimate of drug-likeness (QED) is 0.553. The molecule has 0 bridgehead atoms. The van der Waals surface area contributed by atoms with Crippen LogP contribution in [0.3, 0.4) is 0 Å². The maximum Gasteiger partial charge on any atom is 0.305 e. The minimum absolute atomic E-state index is 0.0697. The number of aliphatic carboxylic acids is 1. The van der Waals surface area contributed by atoms with E-state index in [0.29, 0.717) is 0 Å². The van der Waals surface area contributed by atoms with Crippen molar-refractivity contribution in [2.45, 2.75) is 17.9 Å². The third-order valence-corrected chi connectivity index (χ3v) is 3.53. The first-order chi connectivity index (χ1) is 8.85. The number of hydrogen-bond donors (Lipinski definition) is 3. The zero-order valence-corrected chi connectivity index (χ0v) is 11.0. The summed E-state index contributed by atoms with van der Waals surface area (Å²) in [6.45, 7) is -0.306. The molecule has 106 valence electrons. The highest BCUT2D eigenvalue weighted by Crippen LogP contribution is 2.06. The molecule has 0 radical (unpaired) electrons. The summed E-state index contributed by atoms with van der Waals surface area (Å²) >= 11 is 0. The van der Waals surface area contributed by atoms with Crippen LogP contribution in [0.25, 0.3) is 0 Å². The maximum atomic E-state index is 11.7. The monoisotopic (exact) mass is 290 g/mol. The molecule has 3 N–H and O–H groups in total. The van der Waals surface area contributed by atoms with Crippen LogP contribution in [-0.4, -0.2) is 48.8 Å². The average molecular weight is 290 g/mol. The number of carbonyl (C=O) groups is 2. The van der Waals surface area contributed by atoms with Crippen molar-refractivity contribution >= 4 is 21.9 Å². The fourth-order valence-electron chi connectivity index (χ4n) is 1.15. The number of nitrogens with zero attached hydrogens (tertiary/aromatic N) is 2. The van der Waals surface area contributed by atoms with Crippen LogP contribution in [0.2, 0.25) is 0 Å². The molecule has 1 aromatic heterocycles. The first kappa shape index (κ1) is 15.1. The number of aromatic nitrogens is 2. The number of sulfonamides is 1. The summed E-state index contributed by atoms with van der Waals surface area (Å²) in [6, 6.07) is 0. The lowest BCUT2D eigenvalue weighted by Gasteiger charge is -2.03. The molecule has 0 atom stereocenters. The number of carboxylic acids is 1. The SMILES string of the molecule is CNC(=O)CNS(=O)(=O)c1cnn(CCC(=O)O)c1. The minimum atomic E-state index is -3.82. The van der Waals surface area contributed by atoms with Gasteiger partial charge in [-0.1, -0.05) is 0 Å². The smallest absolute Gasteiger partial charge is 0.305 e. The first-order valence-corrected chi connectivity index (χ1v) is 6.78. The molecular weight excluding hydrogens is 276 g/mol.